The molecule has 2 heterocycles. The lowest BCUT2D eigenvalue weighted by molar-refractivity contribution is 0.0548. The fourth-order valence-electron chi connectivity index (χ4n) is 3.36. The second-order valence-electron chi connectivity index (χ2n) is 5.40. The summed E-state index contributed by atoms with van der Waals surface area (Å²) in [6, 6.07) is 14.8. The van der Waals surface area contributed by atoms with Crippen molar-refractivity contribution in [3.05, 3.63) is 65.2 Å². The Kier molecular flexibility index (Phi) is 2.44. The quantitative estimate of drug-likeness (QED) is 0.847. The van der Waals surface area contributed by atoms with Gasteiger partial charge in [0, 0.05) is 0 Å². The third-order valence-electron chi connectivity index (χ3n) is 4.30. The molecule has 0 unspecified atom stereocenters. The molecule has 0 amide bonds. The van der Waals surface area contributed by atoms with Crippen LogP contribution in [0.15, 0.2) is 48.5 Å². The van der Waals surface area contributed by atoms with Gasteiger partial charge in [-0.1, -0.05) is 36.4 Å². The van der Waals surface area contributed by atoms with Crippen molar-refractivity contribution in [2.24, 2.45) is 5.92 Å². The zero-order valence-corrected chi connectivity index (χ0v) is 10.8. The number of rotatable bonds is 2. The van der Waals surface area contributed by atoms with Crippen LogP contribution >= 0.6 is 0 Å². The monoisotopic (exact) mass is 266 g/mol. The van der Waals surface area contributed by atoms with Gasteiger partial charge in [0.1, 0.15) is 5.75 Å². The summed E-state index contributed by atoms with van der Waals surface area (Å²) >= 11 is 0. The molecule has 0 radical (unpaired) electrons. The average molecular weight is 266 g/mol. The van der Waals surface area contributed by atoms with Crippen molar-refractivity contribution >= 4 is 5.78 Å². The Balaban J connectivity index is 1.70. The molecule has 2 aromatic carbocycles. The first-order valence-corrected chi connectivity index (χ1v) is 6.82. The zero-order valence-electron chi connectivity index (χ0n) is 10.8. The van der Waals surface area contributed by atoms with E-state index in [0.29, 0.717) is 12.0 Å². The van der Waals surface area contributed by atoms with Crippen LogP contribution in [0.25, 0.3) is 0 Å². The maximum Gasteiger partial charge on any atom is 0.172 e. The second-order valence-corrected chi connectivity index (χ2v) is 5.40. The fraction of sp³-hybridized carbons (Fsp3) is 0.235. The van der Waals surface area contributed by atoms with Crippen molar-refractivity contribution in [1.82, 2.24) is 0 Å². The number of Topliss-reactive ketones (excluding diaryl/α,β-unsaturated/α-hetero) is 1. The molecule has 100 valence electrons. The first-order valence-electron chi connectivity index (χ1n) is 6.82. The van der Waals surface area contributed by atoms with E-state index >= 15 is 0 Å². The van der Waals surface area contributed by atoms with Crippen LogP contribution in [0, 0.1) is 5.92 Å². The lowest BCUT2D eigenvalue weighted by Gasteiger charge is -2.20. The molecule has 1 fully saturated rings. The number of hydrogen-bond acceptors (Lipinski definition) is 3. The van der Waals surface area contributed by atoms with Gasteiger partial charge in [-0.15, -0.1) is 0 Å². The first-order chi connectivity index (χ1) is 9.75. The van der Waals surface area contributed by atoms with E-state index in [2.05, 4.69) is 6.07 Å². The van der Waals surface area contributed by atoms with Gasteiger partial charge in [-0.3, -0.25) is 4.79 Å². The van der Waals surface area contributed by atoms with E-state index in [9.17, 15) is 9.90 Å². The minimum atomic E-state index is -0.191. The first kappa shape index (κ1) is 11.7. The lowest BCUT2D eigenvalue weighted by Crippen LogP contribution is -2.20. The van der Waals surface area contributed by atoms with Crippen molar-refractivity contribution in [2.75, 3.05) is 0 Å². The number of carbonyl (C=O) groups excluding carboxylic acids is 1. The summed E-state index contributed by atoms with van der Waals surface area (Å²) in [5.41, 5.74) is 2.72. The molecular weight excluding hydrogens is 252 g/mol. The van der Waals surface area contributed by atoms with Crippen molar-refractivity contribution < 1.29 is 14.6 Å². The Bertz CT molecular complexity index is 692. The number of fused-ring (bicyclic) bond motifs is 5. The highest BCUT2D eigenvalue weighted by Gasteiger charge is 2.48. The molecule has 0 saturated carbocycles. The highest BCUT2D eigenvalue weighted by Crippen LogP contribution is 2.54. The molecular formula is C17H14O3. The topological polar surface area (TPSA) is 46.5 Å². The van der Waals surface area contributed by atoms with Gasteiger partial charge in [-0.05, 0) is 29.7 Å². The lowest BCUT2D eigenvalue weighted by atomic mass is 9.80. The summed E-state index contributed by atoms with van der Waals surface area (Å²) in [7, 11) is 0. The predicted octanol–water partition coefficient (Wildman–Crippen LogP) is 3.41. The number of ether oxygens (including phenoxy) is 1. The van der Waals surface area contributed by atoms with Gasteiger partial charge in [0.15, 0.2) is 5.78 Å². The van der Waals surface area contributed by atoms with Crippen molar-refractivity contribution in [3.8, 4) is 5.75 Å². The van der Waals surface area contributed by atoms with Gasteiger partial charge >= 0.3 is 0 Å². The number of benzene rings is 2. The summed E-state index contributed by atoms with van der Waals surface area (Å²) in [5.74, 6) is -0.165. The van der Waals surface area contributed by atoms with E-state index in [4.69, 9.17) is 4.74 Å². The van der Waals surface area contributed by atoms with E-state index in [1.807, 2.05) is 18.2 Å². The third-order valence-corrected chi connectivity index (χ3v) is 4.30. The number of carbonyl (C=O) groups is 1. The molecule has 2 bridgehead atoms. The van der Waals surface area contributed by atoms with Crippen LogP contribution in [0.5, 0.6) is 5.75 Å². The van der Waals surface area contributed by atoms with Gasteiger partial charge in [-0.25, -0.2) is 0 Å². The smallest absolute Gasteiger partial charge is 0.172 e. The van der Waals surface area contributed by atoms with E-state index < -0.39 is 0 Å². The van der Waals surface area contributed by atoms with Crippen LogP contribution in [0.3, 0.4) is 0 Å². The van der Waals surface area contributed by atoms with Crippen LogP contribution in [0.2, 0.25) is 0 Å². The van der Waals surface area contributed by atoms with E-state index in [1.165, 1.54) is 5.56 Å². The molecule has 3 heteroatoms. The van der Waals surface area contributed by atoms with Crippen molar-refractivity contribution in [2.45, 2.75) is 18.6 Å². The maximum absolute atomic E-state index is 12.6. The van der Waals surface area contributed by atoms with Crippen LogP contribution in [0.4, 0.5) is 0 Å². The minimum absolute atomic E-state index is 0.0231. The summed E-state index contributed by atoms with van der Waals surface area (Å²) in [5, 5.41) is 9.85. The molecule has 0 aromatic heterocycles. The summed E-state index contributed by atoms with van der Waals surface area (Å²) in [4.78, 5) is 12.6. The SMILES string of the molecule is O=C(c1ccccc1O)[C@@H]1C[C@@H]2O[C@H]1c1ccccc12. The Hall–Kier alpha value is -2.13. The number of phenolic OH excluding ortho intramolecular Hbond substituents is 1. The third kappa shape index (κ3) is 1.53. The number of hydrogen-bond donors (Lipinski definition) is 1. The normalized spacial score (nSPS) is 26.5. The summed E-state index contributed by atoms with van der Waals surface area (Å²) < 4.78 is 5.94. The van der Waals surface area contributed by atoms with Gasteiger partial charge in [0.25, 0.3) is 0 Å². The van der Waals surface area contributed by atoms with E-state index in [0.717, 1.165) is 5.56 Å². The van der Waals surface area contributed by atoms with Crippen molar-refractivity contribution in [1.29, 1.82) is 0 Å². The average Bonchev–Trinajstić information content (AvgIpc) is 3.06. The van der Waals surface area contributed by atoms with Crippen LogP contribution < -0.4 is 0 Å². The van der Waals surface area contributed by atoms with Gasteiger partial charge in [0.2, 0.25) is 0 Å². The Morgan fingerprint density at radius 2 is 1.75 bits per heavy atom. The minimum Gasteiger partial charge on any atom is -0.507 e. The molecule has 2 aromatic rings. The van der Waals surface area contributed by atoms with Crippen LogP contribution in [-0.4, -0.2) is 10.9 Å². The maximum atomic E-state index is 12.6. The Morgan fingerprint density at radius 3 is 2.55 bits per heavy atom. The molecule has 4 rings (SSSR count). The molecule has 0 spiro atoms. The molecule has 0 aliphatic carbocycles. The van der Waals surface area contributed by atoms with Crippen LogP contribution in [-0.2, 0) is 4.74 Å². The number of aromatic hydroxyl groups is 1. The highest BCUT2D eigenvalue weighted by molar-refractivity contribution is 6.01. The Morgan fingerprint density at radius 1 is 1.05 bits per heavy atom. The van der Waals surface area contributed by atoms with E-state index in [1.54, 1.807) is 24.3 Å². The molecule has 3 atom stereocenters. The summed E-state index contributed by atoms with van der Waals surface area (Å²) in [6.07, 6.45) is 0.564. The zero-order chi connectivity index (χ0) is 13.7. The number of phenols is 1. The van der Waals surface area contributed by atoms with Gasteiger partial charge < -0.3 is 9.84 Å². The largest absolute Gasteiger partial charge is 0.507 e. The molecule has 2 aliphatic heterocycles. The molecule has 1 saturated heterocycles. The van der Waals surface area contributed by atoms with Crippen molar-refractivity contribution in [3.63, 3.8) is 0 Å². The molecule has 20 heavy (non-hydrogen) atoms. The van der Waals surface area contributed by atoms with Gasteiger partial charge in [0.05, 0.1) is 23.7 Å². The van der Waals surface area contributed by atoms with Gasteiger partial charge in [-0.2, -0.15) is 0 Å². The molecule has 1 N–H and O–H groups in total. The number of para-hydroxylation sites is 1. The predicted molar refractivity (Wildman–Crippen MR) is 73.6 cm³/mol. The second kappa shape index (κ2) is 4.18. The molecule has 2 aliphatic rings. The van der Waals surface area contributed by atoms with E-state index in [-0.39, 0.29) is 29.7 Å². The fourth-order valence-corrected chi connectivity index (χ4v) is 3.36. The standard InChI is InChI=1S/C17H14O3/c18-14-8-4-3-7-12(14)16(19)13-9-15-10-5-1-2-6-11(10)17(13)20-15/h1-8,13,15,17-18H,9H2/t13-,15-,17-/m0/s1. The number of ketones is 1. The highest BCUT2D eigenvalue weighted by atomic mass is 16.5. The molecule has 3 nitrogen and oxygen atoms in total. The Labute approximate surface area is 116 Å². The van der Waals surface area contributed by atoms with Crippen LogP contribution in [0.1, 0.15) is 40.1 Å². The summed E-state index contributed by atoms with van der Waals surface area (Å²) in [6.45, 7) is 0.